The Morgan fingerprint density at radius 2 is 2.33 bits per heavy atom. The van der Waals surface area contributed by atoms with E-state index < -0.39 is 11.7 Å². The van der Waals surface area contributed by atoms with Gasteiger partial charge >= 0.3 is 0 Å². The number of rotatable bonds is 4. The topological polar surface area (TPSA) is 70.7 Å². The molecular weight excluding hydrogens is 259 g/mol. The fraction of sp³-hybridized carbons (Fsp3) is 0.182. The lowest BCUT2D eigenvalue weighted by Crippen LogP contribution is -2.26. The molecule has 0 unspecified atom stereocenters. The second kappa shape index (κ2) is 5.59. The molecule has 18 heavy (non-hydrogen) atoms. The molecule has 0 radical (unpaired) electrons. The number of H-pyrrole nitrogens is 1. The summed E-state index contributed by atoms with van der Waals surface area (Å²) in [5.41, 5.74) is -0.0694. The van der Waals surface area contributed by atoms with Gasteiger partial charge in [-0.05, 0) is 12.1 Å². The highest BCUT2D eigenvalue weighted by molar-refractivity contribution is 6.31. The van der Waals surface area contributed by atoms with Crippen molar-refractivity contribution in [1.82, 2.24) is 20.5 Å². The largest absolute Gasteiger partial charge is 0.351 e. The Kier molecular flexibility index (Phi) is 3.88. The van der Waals surface area contributed by atoms with Crippen LogP contribution in [0.15, 0.2) is 24.5 Å². The molecule has 5 nitrogen and oxygen atoms in total. The second-order valence-corrected chi connectivity index (χ2v) is 3.95. The Hall–Kier alpha value is -1.95. The molecule has 1 aromatic carbocycles. The number of carbonyl (C=O) groups is 1. The van der Waals surface area contributed by atoms with Crippen LogP contribution in [-0.2, 0) is 6.42 Å². The number of aromatic nitrogens is 3. The molecule has 0 aliphatic rings. The highest BCUT2D eigenvalue weighted by Crippen LogP contribution is 2.17. The standard InChI is InChI=1S/C11H10ClFN4O/c12-8-3-1-2-7(10(8)13)11(18)14-5-4-9-15-6-16-17-9/h1-3,6H,4-5H2,(H,14,18)(H,15,16,17). The maximum absolute atomic E-state index is 13.5. The van der Waals surface area contributed by atoms with Crippen molar-refractivity contribution in [2.75, 3.05) is 6.54 Å². The van der Waals surface area contributed by atoms with E-state index in [1.165, 1.54) is 24.5 Å². The van der Waals surface area contributed by atoms with E-state index in [-0.39, 0.29) is 10.6 Å². The minimum absolute atomic E-state index is 0.0694. The fourth-order valence-electron chi connectivity index (χ4n) is 1.42. The molecule has 1 aromatic heterocycles. The fourth-order valence-corrected chi connectivity index (χ4v) is 1.59. The molecular formula is C11H10ClFN4O. The van der Waals surface area contributed by atoms with Crippen molar-refractivity contribution < 1.29 is 9.18 Å². The summed E-state index contributed by atoms with van der Waals surface area (Å²) in [6.07, 6.45) is 1.88. The molecule has 0 saturated heterocycles. The van der Waals surface area contributed by atoms with Crippen LogP contribution < -0.4 is 5.32 Å². The van der Waals surface area contributed by atoms with Gasteiger partial charge in [0.15, 0.2) is 5.82 Å². The zero-order valence-electron chi connectivity index (χ0n) is 9.28. The monoisotopic (exact) mass is 268 g/mol. The van der Waals surface area contributed by atoms with Gasteiger partial charge in [0.2, 0.25) is 0 Å². The van der Waals surface area contributed by atoms with E-state index in [1.807, 2.05) is 0 Å². The van der Waals surface area contributed by atoms with Gasteiger partial charge in [-0.15, -0.1) is 0 Å². The van der Waals surface area contributed by atoms with Gasteiger partial charge in [-0.25, -0.2) is 9.37 Å². The van der Waals surface area contributed by atoms with Crippen LogP contribution >= 0.6 is 11.6 Å². The lowest BCUT2D eigenvalue weighted by molar-refractivity contribution is 0.0950. The van der Waals surface area contributed by atoms with Gasteiger partial charge in [0.25, 0.3) is 5.91 Å². The number of nitrogens with zero attached hydrogens (tertiary/aromatic N) is 2. The maximum atomic E-state index is 13.5. The number of hydrogen-bond donors (Lipinski definition) is 2. The molecule has 1 amide bonds. The average molecular weight is 269 g/mol. The molecule has 0 aliphatic carbocycles. The number of nitrogens with one attached hydrogen (secondary N) is 2. The molecule has 2 N–H and O–H groups in total. The zero-order valence-corrected chi connectivity index (χ0v) is 10.0. The smallest absolute Gasteiger partial charge is 0.254 e. The Morgan fingerprint density at radius 3 is 3.06 bits per heavy atom. The third-order valence-electron chi connectivity index (χ3n) is 2.31. The van der Waals surface area contributed by atoms with Crippen LogP contribution in [-0.4, -0.2) is 27.6 Å². The van der Waals surface area contributed by atoms with E-state index in [9.17, 15) is 9.18 Å². The van der Waals surface area contributed by atoms with E-state index in [1.54, 1.807) is 0 Å². The van der Waals surface area contributed by atoms with E-state index in [2.05, 4.69) is 20.5 Å². The molecule has 7 heteroatoms. The quantitative estimate of drug-likeness (QED) is 0.884. The molecule has 0 aliphatic heterocycles. The Bertz CT molecular complexity index is 544. The first-order chi connectivity index (χ1) is 8.68. The zero-order chi connectivity index (χ0) is 13.0. The highest BCUT2D eigenvalue weighted by Gasteiger charge is 2.13. The molecule has 0 spiro atoms. The molecule has 1 heterocycles. The predicted molar refractivity (Wildman–Crippen MR) is 63.8 cm³/mol. The number of benzene rings is 1. The van der Waals surface area contributed by atoms with Crippen molar-refractivity contribution in [2.45, 2.75) is 6.42 Å². The summed E-state index contributed by atoms with van der Waals surface area (Å²) < 4.78 is 13.5. The van der Waals surface area contributed by atoms with Crippen molar-refractivity contribution in [3.8, 4) is 0 Å². The van der Waals surface area contributed by atoms with E-state index in [0.717, 1.165) is 0 Å². The normalized spacial score (nSPS) is 10.3. The van der Waals surface area contributed by atoms with Crippen molar-refractivity contribution in [1.29, 1.82) is 0 Å². The third-order valence-corrected chi connectivity index (χ3v) is 2.60. The summed E-state index contributed by atoms with van der Waals surface area (Å²) in [5, 5.41) is 8.85. The van der Waals surface area contributed by atoms with Crippen LogP contribution in [0.5, 0.6) is 0 Å². The second-order valence-electron chi connectivity index (χ2n) is 3.54. The maximum Gasteiger partial charge on any atom is 0.254 e. The van der Waals surface area contributed by atoms with Crippen LogP contribution in [0.1, 0.15) is 16.2 Å². The lowest BCUT2D eigenvalue weighted by Gasteiger charge is -2.05. The molecule has 2 rings (SSSR count). The molecule has 2 aromatic rings. The van der Waals surface area contributed by atoms with Gasteiger partial charge in [-0.3, -0.25) is 9.89 Å². The van der Waals surface area contributed by atoms with Crippen LogP contribution in [0.2, 0.25) is 5.02 Å². The summed E-state index contributed by atoms with van der Waals surface area (Å²) in [4.78, 5) is 15.6. The number of amides is 1. The van der Waals surface area contributed by atoms with Crippen molar-refractivity contribution >= 4 is 17.5 Å². The van der Waals surface area contributed by atoms with Gasteiger partial charge in [0, 0.05) is 13.0 Å². The van der Waals surface area contributed by atoms with Crippen LogP contribution in [0.4, 0.5) is 4.39 Å². The minimum Gasteiger partial charge on any atom is -0.351 e. The first-order valence-electron chi connectivity index (χ1n) is 5.25. The lowest BCUT2D eigenvalue weighted by atomic mass is 10.2. The van der Waals surface area contributed by atoms with Gasteiger partial charge in [-0.1, -0.05) is 17.7 Å². The SMILES string of the molecule is O=C(NCCc1ncn[nH]1)c1cccc(Cl)c1F. The minimum atomic E-state index is -0.712. The summed E-state index contributed by atoms with van der Waals surface area (Å²) in [6.45, 7) is 0.333. The van der Waals surface area contributed by atoms with Crippen molar-refractivity contribution in [3.05, 3.63) is 46.8 Å². The first-order valence-corrected chi connectivity index (χ1v) is 5.62. The van der Waals surface area contributed by atoms with Gasteiger partial charge in [0.05, 0.1) is 10.6 Å². The van der Waals surface area contributed by atoms with E-state index in [0.29, 0.717) is 18.8 Å². The van der Waals surface area contributed by atoms with E-state index >= 15 is 0 Å². The molecule has 0 bridgehead atoms. The molecule has 0 atom stereocenters. The average Bonchev–Trinajstić information content (AvgIpc) is 2.85. The molecule has 0 fully saturated rings. The number of hydrogen-bond acceptors (Lipinski definition) is 3. The van der Waals surface area contributed by atoms with Gasteiger partial charge in [-0.2, -0.15) is 5.10 Å². The third kappa shape index (κ3) is 2.84. The number of aromatic amines is 1. The van der Waals surface area contributed by atoms with Gasteiger partial charge in [0.1, 0.15) is 12.2 Å². The summed E-state index contributed by atoms with van der Waals surface area (Å²) in [7, 11) is 0. The number of carbonyl (C=O) groups excluding carboxylic acids is 1. The Balaban J connectivity index is 1.93. The van der Waals surface area contributed by atoms with Crippen LogP contribution in [0, 0.1) is 5.82 Å². The Morgan fingerprint density at radius 1 is 1.50 bits per heavy atom. The Labute approximate surface area is 107 Å². The van der Waals surface area contributed by atoms with Crippen molar-refractivity contribution in [3.63, 3.8) is 0 Å². The van der Waals surface area contributed by atoms with Crippen LogP contribution in [0.3, 0.4) is 0 Å². The van der Waals surface area contributed by atoms with E-state index in [4.69, 9.17) is 11.6 Å². The summed E-state index contributed by atoms with van der Waals surface area (Å²) in [6, 6.07) is 4.30. The predicted octanol–water partition coefficient (Wildman–Crippen LogP) is 1.57. The summed E-state index contributed by atoms with van der Waals surface area (Å²) in [5.74, 6) is -0.562. The summed E-state index contributed by atoms with van der Waals surface area (Å²) >= 11 is 5.59. The highest BCUT2D eigenvalue weighted by atomic mass is 35.5. The van der Waals surface area contributed by atoms with Gasteiger partial charge < -0.3 is 5.32 Å². The molecule has 0 saturated carbocycles. The van der Waals surface area contributed by atoms with Crippen molar-refractivity contribution in [2.24, 2.45) is 0 Å². The molecule has 94 valence electrons. The first kappa shape index (κ1) is 12.5. The van der Waals surface area contributed by atoms with Crippen LogP contribution in [0.25, 0.3) is 0 Å². The number of halogens is 2.